The number of nitrogens with zero attached hydrogens (tertiary/aromatic N) is 1. The Kier molecular flexibility index (Phi) is 48.7. The quantitative estimate of drug-likeness (QED) is 0.0233. The molecule has 1 aromatic heterocycles. The van der Waals surface area contributed by atoms with Crippen molar-refractivity contribution in [2.24, 2.45) is 23.3 Å². The number of benzene rings is 2. The van der Waals surface area contributed by atoms with E-state index in [9.17, 15) is 147 Å². The summed E-state index contributed by atoms with van der Waals surface area (Å²) in [4.78, 5) is 283. The summed E-state index contributed by atoms with van der Waals surface area (Å²) in [5.74, 6) is -24.3. The van der Waals surface area contributed by atoms with Crippen LogP contribution in [0.25, 0.3) is 10.9 Å². The molecule has 0 saturated carbocycles. The van der Waals surface area contributed by atoms with Gasteiger partial charge in [-0.25, -0.2) is 4.79 Å². The lowest BCUT2D eigenvalue weighted by atomic mass is 10.0. The molecule has 0 radical (unpaired) electrons. The molecule has 1 aliphatic heterocycles. The molecule has 2 aromatic carbocycles. The maximum atomic E-state index is 14.4. The maximum absolute atomic E-state index is 14.4. The summed E-state index contributed by atoms with van der Waals surface area (Å²) in [6, 6.07) is -11.0. The fraction of sp³-hybridized carbons (Fsp3) is 0.578. The van der Waals surface area contributed by atoms with E-state index in [0.29, 0.717) is 30.5 Å². The lowest BCUT2D eigenvalue weighted by molar-refractivity contribution is -0.142. The number of H-pyrrole nitrogens is 1. The van der Waals surface area contributed by atoms with Crippen molar-refractivity contribution in [1.82, 2.24) is 106 Å². The van der Waals surface area contributed by atoms with Crippen molar-refractivity contribution < 1.29 is 147 Å². The first-order valence-electron chi connectivity index (χ1n) is 43.3. The van der Waals surface area contributed by atoms with Crippen LogP contribution in [0.3, 0.4) is 0 Å². The summed E-state index contributed by atoms with van der Waals surface area (Å²) >= 11 is 0. The molecule has 52 nitrogen and oxygen atoms in total. The number of carbonyl (C=O) groups is 21. The van der Waals surface area contributed by atoms with Crippen molar-refractivity contribution in [3.8, 4) is 0 Å². The number of rotatable bonds is 59. The molecule has 32 N–H and O–H groups in total. The fourth-order valence-electron chi connectivity index (χ4n) is 13.3. The van der Waals surface area contributed by atoms with Crippen molar-refractivity contribution in [3.63, 3.8) is 0 Å². The van der Waals surface area contributed by atoms with Crippen LogP contribution in [0.2, 0.25) is 0 Å². The minimum absolute atomic E-state index is 0.00142. The first-order chi connectivity index (χ1) is 63.8. The SMILES string of the molecule is CC(C)C[C@H](NC(=O)[C@@H]1CCCN1C(=O)[C@H](C)NC(=O)[C@H](CO)NC(=O)[C@@H](NC(=O)[C@H](CO)NC(=O)[C@H](CO)NC(=O)[C@@H](NC(=O)[C@H](CO)NC(=O)[C@H](CO)NC(=O)[C@@H](N)Cc1c[nH]c2ccccc12)[C@@H](C)O)C(C)C)C(=O)N[C@@H](CCC(=O)O)C(=O)N[C@@H](Cc1ccccc1)C(=O)NCC(=O)NCC(=O)NCC(=O)NCC(=O)N[C@@H](CO)C(=O)N[C@@H](C)C(=O)N[C@@H](CCCCN)C(=O)O. The number of aromatic amines is 1. The Morgan fingerprint density at radius 1 is 0.422 bits per heavy atom. The summed E-state index contributed by atoms with van der Waals surface area (Å²) in [6.45, 7) is 0.0259. The van der Waals surface area contributed by atoms with E-state index in [-0.39, 0.29) is 51.0 Å². The van der Waals surface area contributed by atoms with Crippen LogP contribution in [-0.4, -0.2) is 362 Å². The average molecular weight is 1910 g/mol. The number of aliphatic hydroxyl groups excluding tert-OH is 7. The van der Waals surface area contributed by atoms with Crippen LogP contribution in [0.4, 0.5) is 0 Å². The van der Waals surface area contributed by atoms with E-state index in [1.165, 1.54) is 27.7 Å². The Bertz CT molecular complexity index is 4600. The van der Waals surface area contributed by atoms with Gasteiger partial charge in [-0.1, -0.05) is 76.2 Å². The molecule has 0 spiro atoms. The monoisotopic (exact) mass is 1910 g/mol. The van der Waals surface area contributed by atoms with Gasteiger partial charge in [-0.2, -0.15) is 0 Å². The minimum Gasteiger partial charge on any atom is -0.481 e. The molecule has 1 aliphatic rings. The number of aliphatic carboxylic acids is 2. The van der Waals surface area contributed by atoms with Gasteiger partial charge in [0.2, 0.25) is 112 Å². The fourth-order valence-corrected chi connectivity index (χ4v) is 13.3. The number of hydrogen-bond donors (Lipinski definition) is 30. The van der Waals surface area contributed by atoms with Crippen molar-refractivity contribution in [3.05, 3.63) is 71.9 Å². The molecule has 748 valence electrons. The number of nitrogens with one attached hydrogen (secondary N) is 19. The average Bonchev–Trinajstić information content (AvgIpc) is 1.71. The number of carboxylic acid groups (broad SMARTS) is 2. The number of para-hydroxylation sites is 1. The zero-order valence-electron chi connectivity index (χ0n) is 75.5. The van der Waals surface area contributed by atoms with Gasteiger partial charge in [0.1, 0.15) is 90.6 Å². The molecule has 0 bridgehead atoms. The summed E-state index contributed by atoms with van der Waals surface area (Å²) < 4.78 is 0. The smallest absolute Gasteiger partial charge is 0.326 e. The molecular weight excluding hydrogens is 1790 g/mol. The second-order valence-electron chi connectivity index (χ2n) is 32.5. The van der Waals surface area contributed by atoms with Gasteiger partial charge in [-0.3, -0.25) is 95.9 Å². The van der Waals surface area contributed by atoms with Gasteiger partial charge in [-0.05, 0) is 108 Å². The molecule has 1 saturated heterocycles. The number of aliphatic hydroxyl groups is 7. The van der Waals surface area contributed by atoms with E-state index in [2.05, 4.69) is 95.4 Å². The van der Waals surface area contributed by atoms with Gasteiger partial charge in [0, 0.05) is 36.5 Å². The van der Waals surface area contributed by atoms with Crippen molar-refractivity contribution in [2.45, 2.75) is 215 Å². The van der Waals surface area contributed by atoms with Crippen LogP contribution in [0.15, 0.2) is 60.8 Å². The highest BCUT2D eigenvalue weighted by atomic mass is 16.4. The largest absolute Gasteiger partial charge is 0.481 e. The zero-order valence-corrected chi connectivity index (χ0v) is 75.5. The molecule has 3 aromatic rings. The number of aromatic nitrogens is 1. The first-order valence-corrected chi connectivity index (χ1v) is 43.3. The lowest BCUT2D eigenvalue weighted by Gasteiger charge is -2.30. The lowest BCUT2D eigenvalue weighted by Crippen LogP contribution is -2.63. The van der Waals surface area contributed by atoms with E-state index in [0.717, 1.165) is 22.7 Å². The van der Waals surface area contributed by atoms with Gasteiger partial charge in [0.15, 0.2) is 0 Å². The molecule has 19 amide bonds. The van der Waals surface area contributed by atoms with E-state index in [1.807, 2.05) is 5.32 Å². The number of amides is 19. The predicted octanol–water partition coefficient (Wildman–Crippen LogP) is -13.3. The van der Waals surface area contributed by atoms with Gasteiger partial charge in [0.05, 0.1) is 78.0 Å². The highest BCUT2D eigenvalue weighted by Crippen LogP contribution is 2.22. The third-order valence-electron chi connectivity index (χ3n) is 20.9. The normalized spacial score (nSPS) is 15.8. The summed E-state index contributed by atoms with van der Waals surface area (Å²) in [7, 11) is 0. The number of fused-ring (bicyclic) bond motifs is 1. The number of nitrogens with two attached hydrogens (primary N) is 2. The van der Waals surface area contributed by atoms with Crippen molar-refractivity contribution in [2.75, 3.05) is 78.9 Å². The second kappa shape index (κ2) is 57.8. The Labute approximate surface area is 773 Å². The molecular formula is C83H126N22O30. The van der Waals surface area contributed by atoms with E-state index >= 15 is 0 Å². The van der Waals surface area contributed by atoms with Crippen LogP contribution < -0.4 is 107 Å². The molecule has 0 aliphatic carbocycles. The van der Waals surface area contributed by atoms with Crippen LogP contribution in [0.1, 0.15) is 111 Å². The minimum atomic E-state index is -2.02. The van der Waals surface area contributed by atoms with Crippen molar-refractivity contribution >= 4 is 135 Å². The maximum Gasteiger partial charge on any atom is 0.326 e. The molecule has 17 atom stereocenters. The Morgan fingerprint density at radius 2 is 0.852 bits per heavy atom. The Morgan fingerprint density at radius 3 is 1.36 bits per heavy atom. The Hall–Kier alpha value is -13.5. The van der Waals surface area contributed by atoms with E-state index in [1.54, 1.807) is 74.6 Å². The zero-order chi connectivity index (χ0) is 101. The number of hydrogen-bond acceptors (Lipinski definition) is 30. The third-order valence-corrected chi connectivity index (χ3v) is 20.9. The van der Waals surface area contributed by atoms with Crippen LogP contribution in [-0.2, 0) is 114 Å². The summed E-state index contributed by atoms with van der Waals surface area (Å²) in [5.41, 5.74) is 13.5. The first kappa shape index (κ1) is 114. The molecule has 52 heteroatoms. The highest BCUT2D eigenvalue weighted by Gasteiger charge is 2.42. The van der Waals surface area contributed by atoms with Crippen LogP contribution in [0.5, 0.6) is 0 Å². The number of carboxylic acids is 2. The topological polar surface area (TPSA) is 828 Å². The molecule has 2 heterocycles. The van der Waals surface area contributed by atoms with E-state index in [4.69, 9.17) is 11.5 Å². The molecule has 135 heavy (non-hydrogen) atoms. The van der Waals surface area contributed by atoms with Crippen molar-refractivity contribution in [1.29, 1.82) is 0 Å². The molecule has 0 unspecified atom stereocenters. The van der Waals surface area contributed by atoms with Crippen LogP contribution >= 0.6 is 0 Å². The standard InChI is InChI=1S/C83H126N22O30/c1-40(2)26-52(72(123)94-50(22-23-65(117)118)71(122)96-53(27-45-16-9-8-10-17-45)70(121)90-32-63(115)88-30-61(113)87-31-62(114)89-33-64(116)93-54(34-106)73(124)91-42(5)68(119)95-51(83(134)135)20-13-14-24-84)97-79(130)60-21-15-25-105(60)82(133)43(6)92-74(125)55(35-107)101-80(131)66(41(3)4)103-77(128)58(38-110)99-76(127)57(37-109)102-81(132)67(44(7)112)104-78(129)59(39-111)100-75(126)56(36-108)98-69(120)48(85)28-46-29-86-49-19-12-11-18-47(46)49/h8-12,16-19,29,40-44,48,50-60,66-67,86,106-112H,13-15,20-28,30-39,84-85H2,1-7H3,(H,87,113)(H,88,115)(H,89,114)(H,90,121)(H,91,124)(H,92,125)(H,93,116)(H,94,123)(H,95,119)(H,96,122)(H,97,130)(H,98,120)(H,99,127)(H,100,126)(H,101,131)(H,102,132)(H,103,128)(H,104,129)(H,117,118)(H,134,135)/t42-,43-,44+,48-,50-,51-,52-,53-,54-,55-,56-,57-,58-,59-,60-,66-,67-/m0/s1. The second-order valence-corrected chi connectivity index (χ2v) is 32.5. The summed E-state index contributed by atoms with van der Waals surface area (Å²) in [6.07, 6.45) is -0.696. The Balaban J connectivity index is 1.32. The van der Waals surface area contributed by atoms with Gasteiger partial charge in [0.25, 0.3) is 0 Å². The van der Waals surface area contributed by atoms with Gasteiger partial charge >= 0.3 is 11.9 Å². The van der Waals surface area contributed by atoms with Crippen LogP contribution in [0, 0.1) is 11.8 Å². The van der Waals surface area contributed by atoms with E-state index < -0.39 is 312 Å². The third kappa shape index (κ3) is 38.2. The number of unbranched alkanes of at least 4 members (excludes halogenated alkanes) is 1. The van der Waals surface area contributed by atoms with Gasteiger partial charge in [-0.15, -0.1) is 0 Å². The van der Waals surface area contributed by atoms with Gasteiger partial charge < -0.3 is 163 Å². The number of likely N-dealkylation sites (tertiary alicyclic amines) is 1. The summed E-state index contributed by atoms with van der Waals surface area (Å²) in [5, 5.41) is 132. The molecule has 1 fully saturated rings. The highest BCUT2D eigenvalue weighted by molar-refractivity contribution is 6.02. The molecule has 4 rings (SSSR count). The predicted molar refractivity (Wildman–Crippen MR) is 471 cm³/mol. The number of carbonyl (C=O) groups excluding carboxylic acids is 19.